The zero-order valence-electron chi connectivity index (χ0n) is 15.5. The van der Waals surface area contributed by atoms with Crippen LogP contribution in [0.25, 0.3) is 11.2 Å². The van der Waals surface area contributed by atoms with Gasteiger partial charge in [-0.3, -0.25) is 9.09 Å². The maximum atomic E-state index is 12.0. The van der Waals surface area contributed by atoms with Crippen molar-refractivity contribution in [3.05, 3.63) is 12.7 Å². The van der Waals surface area contributed by atoms with Crippen LogP contribution in [0.15, 0.2) is 12.7 Å². The molecule has 0 amide bonds. The van der Waals surface area contributed by atoms with Crippen molar-refractivity contribution in [3.63, 3.8) is 0 Å². The monoisotopic (exact) mass is 519 g/mol. The average molecular weight is 519 g/mol. The summed E-state index contributed by atoms with van der Waals surface area (Å²) in [5.74, 6) is 0.0979. The Morgan fingerprint density at radius 2 is 1.88 bits per heavy atom. The summed E-state index contributed by atoms with van der Waals surface area (Å²) in [6, 6.07) is 0. The molecule has 21 heteroatoms. The highest BCUT2D eigenvalue weighted by Gasteiger charge is 2.63. The Labute approximate surface area is 177 Å². The summed E-state index contributed by atoms with van der Waals surface area (Å²) >= 11 is 0. The highest BCUT2D eigenvalue weighted by atomic mass is 31.3. The van der Waals surface area contributed by atoms with Gasteiger partial charge in [-0.1, -0.05) is 0 Å². The number of ether oxygens (including phenoxy) is 2. The largest absolute Gasteiger partial charge is 0.490 e. The topological polar surface area (TPSA) is 268 Å². The van der Waals surface area contributed by atoms with Crippen molar-refractivity contribution in [2.45, 2.75) is 24.0 Å². The van der Waals surface area contributed by atoms with Crippen molar-refractivity contribution in [2.75, 3.05) is 18.9 Å². The van der Waals surface area contributed by atoms with E-state index in [0.29, 0.717) is 0 Å². The molecule has 0 aromatic carbocycles. The normalized spacial score (nSPS) is 31.6. The van der Waals surface area contributed by atoms with Crippen LogP contribution in [0.4, 0.5) is 5.82 Å². The first-order valence-corrected chi connectivity index (χ1v) is 12.9. The molecule has 0 spiro atoms. The van der Waals surface area contributed by atoms with Crippen molar-refractivity contribution >= 4 is 40.4 Å². The zero-order chi connectivity index (χ0) is 23.5. The lowest BCUT2D eigenvalue weighted by atomic mass is 10.0. The van der Waals surface area contributed by atoms with Crippen molar-refractivity contribution in [1.29, 1.82) is 0 Å². The van der Waals surface area contributed by atoms with E-state index in [1.165, 1.54) is 17.2 Å². The minimum absolute atomic E-state index is 0.0979. The number of phosphoric ester groups is 1. The molecule has 6 atom stereocenters. The van der Waals surface area contributed by atoms with Crippen LogP contribution in [0, 0.1) is 0 Å². The number of hydrogen-bond donors (Lipinski definition) is 6. The van der Waals surface area contributed by atoms with E-state index in [-0.39, 0.29) is 23.6 Å². The Balaban J connectivity index is 1.50. The number of fused-ring (bicyclic) bond motifs is 3. The number of nitrogens with two attached hydrogens (primary N) is 1. The van der Waals surface area contributed by atoms with Gasteiger partial charge in [-0.05, 0) is 0 Å². The molecule has 2 bridgehead atoms. The first-order chi connectivity index (χ1) is 14.7. The molecular weight excluding hydrogens is 503 g/mol. The van der Waals surface area contributed by atoms with Crippen LogP contribution in [0.5, 0.6) is 0 Å². The van der Waals surface area contributed by atoms with Gasteiger partial charge in [-0.2, -0.15) is 8.62 Å². The number of phosphoric acid groups is 3. The summed E-state index contributed by atoms with van der Waals surface area (Å²) in [6.07, 6.45) is -0.884. The van der Waals surface area contributed by atoms with Gasteiger partial charge in [0.05, 0.1) is 19.5 Å². The molecule has 7 N–H and O–H groups in total. The van der Waals surface area contributed by atoms with Crippen LogP contribution in [0.2, 0.25) is 0 Å². The molecule has 5 unspecified atom stereocenters. The van der Waals surface area contributed by atoms with Crippen LogP contribution in [-0.2, 0) is 36.3 Å². The minimum Gasteiger partial charge on any atom is -0.387 e. The van der Waals surface area contributed by atoms with Gasteiger partial charge in [0.2, 0.25) is 0 Å². The smallest absolute Gasteiger partial charge is 0.387 e. The first kappa shape index (κ1) is 23.8. The summed E-state index contributed by atoms with van der Waals surface area (Å²) in [6.45, 7) is -1.18. The van der Waals surface area contributed by atoms with E-state index in [1.54, 1.807) is 0 Å². The molecule has 2 aliphatic heterocycles. The second-order valence-corrected chi connectivity index (χ2v) is 11.2. The lowest BCUT2D eigenvalue weighted by molar-refractivity contribution is -0.183. The quantitative estimate of drug-likeness (QED) is 0.223. The number of anilines is 1. The molecule has 0 radical (unpaired) electrons. The van der Waals surface area contributed by atoms with Gasteiger partial charge in [-0.25, -0.2) is 28.6 Å². The van der Waals surface area contributed by atoms with E-state index in [0.717, 1.165) is 0 Å². The Bertz CT molecular complexity index is 1190. The van der Waals surface area contributed by atoms with Gasteiger partial charge >= 0.3 is 23.5 Å². The summed E-state index contributed by atoms with van der Waals surface area (Å²) in [7, 11) is -16.7. The molecule has 4 rings (SSSR count). The van der Waals surface area contributed by atoms with Crippen LogP contribution < -0.4 is 5.73 Å². The van der Waals surface area contributed by atoms with Gasteiger partial charge in [0.25, 0.3) is 0 Å². The van der Waals surface area contributed by atoms with Gasteiger partial charge in [0.15, 0.2) is 17.7 Å². The predicted octanol–water partition coefficient (Wildman–Crippen LogP) is -1.22. The Kier molecular flexibility index (Phi) is 5.84. The molecule has 178 valence electrons. The highest BCUT2D eigenvalue weighted by Crippen LogP contribution is 2.66. The summed E-state index contributed by atoms with van der Waals surface area (Å²) in [5, 5.41) is 10.6. The Hall–Kier alpha value is -1.36. The van der Waals surface area contributed by atoms with E-state index < -0.39 is 54.1 Å². The third kappa shape index (κ3) is 4.51. The van der Waals surface area contributed by atoms with E-state index >= 15 is 0 Å². The summed E-state index contributed by atoms with van der Waals surface area (Å²) < 4.78 is 58.7. The minimum atomic E-state index is -5.69. The fourth-order valence-corrected chi connectivity index (χ4v) is 6.37. The molecule has 2 aromatic rings. The molecule has 4 heterocycles. The Morgan fingerprint density at radius 3 is 2.56 bits per heavy atom. The van der Waals surface area contributed by atoms with E-state index in [2.05, 4.69) is 28.1 Å². The number of aromatic nitrogens is 4. The zero-order valence-corrected chi connectivity index (χ0v) is 18.2. The van der Waals surface area contributed by atoms with Gasteiger partial charge in [0.1, 0.15) is 29.7 Å². The lowest BCUT2D eigenvalue weighted by Gasteiger charge is -2.31. The number of hydrogen-bond acceptors (Lipinski definition) is 13. The van der Waals surface area contributed by atoms with Crippen molar-refractivity contribution in [3.8, 4) is 0 Å². The average Bonchev–Trinajstić information content (AvgIpc) is 3.28. The molecular formula is C11H16N5O13P3. The van der Waals surface area contributed by atoms with Crippen molar-refractivity contribution in [2.24, 2.45) is 0 Å². The number of rotatable bonds is 8. The van der Waals surface area contributed by atoms with Gasteiger partial charge in [0, 0.05) is 0 Å². The second-order valence-electron chi connectivity index (χ2n) is 6.74. The van der Waals surface area contributed by atoms with E-state index in [9.17, 15) is 28.6 Å². The summed E-state index contributed by atoms with van der Waals surface area (Å²) in [5.41, 5.74) is 4.54. The SMILES string of the molecule is Nc1ncnc2c1ncn2C1O[C@@]2(COP(=O)(O)OP(=O)(O)OP(=O)(O)O)COC1C2O. The standard InChI is InChI=1S/C11H16N5O13P3/c12-8-5-9(14-3-13-8)16(4-15-5)10-6-7(17)11(27-10,1-25-6)2-26-31(21,22)29-32(23,24)28-30(18,19)20/h3-4,6-7,10,17H,1-2H2,(H,21,22)(H,23,24)(H2,12,13,14)(H2,18,19,20)/t6?,7?,10?,11-/m1/s1. The summed E-state index contributed by atoms with van der Waals surface area (Å²) in [4.78, 5) is 47.9. The van der Waals surface area contributed by atoms with Crippen LogP contribution in [-0.4, -0.2) is 75.2 Å². The van der Waals surface area contributed by atoms with Crippen LogP contribution in [0.1, 0.15) is 6.23 Å². The van der Waals surface area contributed by atoms with Crippen molar-refractivity contribution < 1.29 is 61.0 Å². The fraction of sp³-hybridized carbons (Fsp3) is 0.545. The van der Waals surface area contributed by atoms with Crippen LogP contribution >= 0.6 is 23.5 Å². The van der Waals surface area contributed by atoms with Gasteiger partial charge < -0.3 is 39.9 Å². The molecule has 2 aromatic heterocycles. The van der Waals surface area contributed by atoms with E-state index in [1.807, 2.05) is 0 Å². The molecule has 18 nitrogen and oxygen atoms in total. The maximum absolute atomic E-state index is 12.0. The van der Waals surface area contributed by atoms with E-state index in [4.69, 9.17) is 25.0 Å². The predicted molar refractivity (Wildman–Crippen MR) is 98.2 cm³/mol. The number of aliphatic hydroxyl groups excluding tert-OH is 1. The molecule has 2 aliphatic rings. The number of nitrogen functional groups attached to an aromatic ring is 1. The fourth-order valence-electron chi connectivity index (χ4n) is 3.29. The second kappa shape index (κ2) is 7.85. The van der Waals surface area contributed by atoms with Gasteiger partial charge in [-0.15, -0.1) is 0 Å². The first-order valence-electron chi connectivity index (χ1n) is 8.41. The molecule has 32 heavy (non-hydrogen) atoms. The maximum Gasteiger partial charge on any atom is 0.490 e. The number of nitrogens with zero attached hydrogens (tertiary/aromatic N) is 4. The third-order valence-electron chi connectivity index (χ3n) is 4.56. The Morgan fingerprint density at radius 1 is 1.16 bits per heavy atom. The molecule has 2 fully saturated rings. The van der Waals surface area contributed by atoms with Crippen molar-refractivity contribution in [1.82, 2.24) is 19.5 Å². The lowest BCUT2D eigenvalue weighted by Crippen LogP contribution is -2.44. The number of imidazole rings is 1. The molecule has 0 saturated carbocycles. The van der Waals surface area contributed by atoms with Crippen LogP contribution in [0.3, 0.4) is 0 Å². The third-order valence-corrected chi connectivity index (χ3v) is 8.34. The molecule has 0 aliphatic carbocycles. The molecule has 2 saturated heterocycles. The number of aliphatic hydroxyl groups is 1. The highest BCUT2D eigenvalue weighted by molar-refractivity contribution is 7.66.